The van der Waals surface area contributed by atoms with Gasteiger partial charge in [0.05, 0.1) is 0 Å². The lowest BCUT2D eigenvalue weighted by Gasteiger charge is -2.21. The molecule has 0 spiro atoms. The molecule has 1 rings (SSSR count). The van der Waals surface area contributed by atoms with E-state index in [2.05, 4.69) is 31.2 Å². The SMILES string of the molecule is CCC(O[SiH2]Cc1ccccc1)OC(C)OC. The molecule has 0 radical (unpaired) electrons. The first-order chi connectivity index (χ1) is 8.26. The van der Waals surface area contributed by atoms with Crippen LogP contribution in [0, 0.1) is 0 Å². The quantitative estimate of drug-likeness (QED) is 0.525. The number of methoxy groups -OCH3 is 1. The molecule has 17 heavy (non-hydrogen) atoms. The summed E-state index contributed by atoms with van der Waals surface area (Å²) >= 11 is 0. The fraction of sp³-hybridized carbons (Fsp3) is 0.538. The highest BCUT2D eigenvalue weighted by Gasteiger charge is 2.10. The first-order valence-corrected chi connectivity index (χ1v) is 7.67. The van der Waals surface area contributed by atoms with Crippen molar-refractivity contribution < 1.29 is 13.9 Å². The lowest BCUT2D eigenvalue weighted by Crippen LogP contribution is -2.25. The summed E-state index contributed by atoms with van der Waals surface area (Å²) in [6, 6.07) is 11.5. The predicted octanol–water partition coefficient (Wildman–Crippen LogP) is 2.03. The maximum atomic E-state index is 5.80. The third-order valence-electron chi connectivity index (χ3n) is 2.55. The summed E-state index contributed by atoms with van der Waals surface area (Å²) in [6.45, 7) is 3.94. The van der Waals surface area contributed by atoms with Crippen molar-refractivity contribution in [3.8, 4) is 0 Å². The fourth-order valence-electron chi connectivity index (χ4n) is 1.48. The molecule has 1 aromatic carbocycles. The monoisotopic (exact) mass is 254 g/mol. The summed E-state index contributed by atoms with van der Waals surface area (Å²) in [7, 11) is 1.06. The van der Waals surface area contributed by atoms with Gasteiger partial charge in [0, 0.05) is 7.11 Å². The maximum Gasteiger partial charge on any atom is 0.169 e. The molecule has 1 aromatic rings. The smallest absolute Gasteiger partial charge is 0.169 e. The van der Waals surface area contributed by atoms with Gasteiger partial charge >= 0.3 is 0 Å². The molecule has 0 fully saturated rings. The van der Waals surface area contributed by atoms with Crippen molar-refractivity contribution in [1.82, 2.24) is 0 Å². The van der Waals surface area contributed by atoms with E-state index in [0.29, 0.717) is 0 Å². The van der Waals surface area contributed by atoms with E-state index in [1.54, 1.807) is 7.11 Å². The molecule has 4 heteroatoms. The molecule has 2 unspecified atom stereocenters. The summed E-state index contributed by atoms with van der Waals surface area (Å²) in [5.74, 6) is 0. The molecule has 0 aliphatic heterocycles. The van der Waals surface area contributed by atoms with Gasteiger partial charge in [-0.3, -0.25) is 0 Å². The lowest BCUT2D eigenvalue weighted by atomic mass is 10.2. The zero-order valence-electron chi connectivity index (χ0n) is 10.9. The van der Waals surface area contributed by atoms with Gasteiger partial charge in [0.1, 0.15) is 6.29 Å². The van der Waals surface area contributed by atoms with Crippen molar-refractivity contribution >= 4 is 9.76 Å². The number of benzene rings is 1. The summed E-state index contributed by atoms with van der Waals surface area (Å²) in [4.78, 5) is 0. The second-order valence-electron chi connectivity index (χ2n) is 3.88. The third kappa shape index (κ3) is 5.98. The third-order valence-corrected chi connectivity index (χ3v) is 3.93. The van der Waals surface area contributed by atoms with E-state index < -0.39 is 9.76 Å². The van der Waals surface area contributed by atoms with E-state index in [1.165, 1.54) is 5.56 Å². The second-order valence-corrected chi connectivity index (χ2v) is 5.13. The van der Waals surface area contributed by atoms with E-state index >= 15 is 0 Å². The maximum absolute atomic E-state index is 5.80. The molecule has 0 heterocycles. The fourth-order valence-corrected chi connectivity index (χ4v) is 2.74. The standard InChI is InChI=1S/C13H22O3Si/c1-4-13(15-11(2)14-3)16-17-10-12-8-6-5-7-9-12/h5-9,11,13H,4,10,17H2,1-3H3. The van der Waals surface area contributed by atoms with E-state index in [9.17, 15) is 0 Å². The molecule has 0 N–H and O–H groups in total. The Balaban J connectivity index is 2.24. The van der Waals surface area contributed by atoms with Crippen molar-refractivity contribution in [2.75, 3.05) is 7.11 Å². The number of hydrogen-bond acceptors (Lipinski definition) is 3. The Morgan fingerprint density at radius 1 is 1.24 bits per heavy atom. The van der Waals surface area contributed by atoms with Crippen molar-refractivity contribution in [1.29, 1.82) is 0 Å². The zero-order chi connectivity index (χ0) is 12.5. The molecule has 96 valence electrons. The Bertz CT molecular complexity index is 292. The molecule has 0 amide bonds. The van der Waals surface area contributed by atoms with Crippen molar-refractivity contribution in [3.05, 3.63) is 35.9 Å². The summed E-state index contributed by atoms with van der Waals surface area (Å²) in [5, 5.41) is 0. The van der Waals surface area contributed by atoms with Crippen LogP contribution >= 0.6 is 0 Å². The van der Waals surface area contributed by atoms with Crippen molar-refractivity contribution in [2.45, 2.75) is 38.9 Å². The highest BCUT2D eigenvalue weighted by atomic mass is 28.2. The Kier molecular flexibility index (Phi) is 7.12. The molecule has 0 aliphatic carbocycles. The number of ether oxygens (including phenoxy) is 2. The molecular formula is C13H22O3Si. The molecule has 3 nitrogen and oxygen atoms in total. The minimum atomic E-state index is -0.577. The van der Waals surface area contributed by atoms with Crippen LogP contribution in [-0.4, -0.2) is 29.5 Å². The van der Waals surface area contributed by atoms with Gasteiger partial charge in [0.25, 0.3) is 0 Å². The highest BCUT2D eigenvalue weighted by Crippen LogP contribution is 2.06. The van der Waals surface area contributed by atoms with Crippen molar-refractivity contribution in [3.63, 3.8) is 0 Å². The van der Waals surface area contributed by atoms with Gasteiger partial charge < -0.3 is 13.9 Å². The largest absolute Gasteiger partial charge is 0.399 e. The summed E-state index contributed by atoms with van der Waals surface area (Å²) in [6.07, 6.45) is 0.529. The van der Waals surface area contributed by atoms with Crippen LogP contribution in [0.5, 0.6) is 0 Å². The second kappa shape index (κ2) is 8.41. The summed E-state index contributed by atoms with van der Waals surface area (Å²) < 4.78 is 16.4. The van der Waals surface area contributed by atoms with Crippen LogP contribution in [-0.2, 0) is 19.9 Å². The van der Waals surface area contributed by atoms with Gasteiger partial charge in [-0.2, -0.15) is 0 Å². The van der Waals surface area contributed by atoms with E-state index in [-0.39, 0.29) is 12.6 Å². The minimum absolute atomic E-state index is 0.125. The average Bonchev–Trinajstić information content (AvgIpc) is 2.38. The molecule has 2 atom stereocenters. The normalized spacial score (nSPS) is 15.2. The molecule has 0 saturated heterocycles. The Labute approximate surface area is 106 Å². The molecule has 0 aliphatic rings. The zero-order valence-corrected chi connectivity index (χ0v) is 12.3. The first-order valence-electron chi connectivity index (χ1n) is 6.10. The van der Waals surface area contributed by atoms with Gasteiger partial charge in [0.15, 0.2) is 16.1 Å². The summed E-state index contributed by atoms with van der Waals surface area (Å²) in [5.41, 5.74) is 1.34. The van der Waals surface area contributed by atoms with Crippen molar-refractivity contribution in [2.24, 2.45) is 0 Å². The highest BCUT2D eigenvalue weighted by molar-refractivity contribution is 6.26. The molecule has 0 bridgehead atoms. The van der Waals surface area contributed by atoms with E-state index in [4.69, 9.17) is 13.9 Å². The minimum Gasteiger partial charge on any atom is -0.399 e. The number of rotatable bonds is 8. The Hall–Kier alpha value is -0.683. The van der Waals surface area contributed by atoms with Gasteiger partial charge in [-0.25, -0.2) is 0 Å². The van der Waals surface area contributed by atoms with Crippen LogP contribution in [0.2, 0.25) is 0 Å². The van der Waals surface area contributed by atoms with Gasteiger partial charge in [-0.05, 0) is 25.0 Å². The van der Waals surface area contributed by atoms with Crippen LogP contribution in [0.15, 0.2) is 30.3 Å². The van der Waals surface area contributed by atoms with Crippen LogP contribution < -0.4 is 0 Å². The predicted molar refractivity (Wildman–Crippen MR) is 71.4 cm³/mol. The van der Waals surface area contributed by atoms with Crippen LogP contribution in [0.1, 0.15) is 25.8 Å². The number of hydrogen-bond donors (Lipinski definition) is 0. The molecule has 0 saturated carbocycles. The lowest BCUT2D eigenvalue weighted by molar-refractivity contribution is -0.201. The first kappa shape index (κ1) is 14.4. The van der Waals surface area contributed by atoms with Crippen LogP contribution in [0.4, 0.5) is 0 Å². The Morgan fingerprint density at radius 2 is 1.94 bits per heavy atom. The van der Waals surface area contributed by atoms with Crippen LogP contribution in [0.3, 0.4) is 0 Å². The van der Waals surface area contributed by atoms with Gasteiger partial charge in [-0.1, -0.05) is 37.3 Å². The van der Waals surface area contributed by atoms with E-state index in [0.717, 1.165) is 12.5 Å². The molecule has 0 aromatic heterocycles. The average molecular weight is 254 g/mol. The van der Waals surface area contributed by atoms with Crippen LogP contribution in [0.25, 0.3) is 0 Å². The van der Waals surface area contributed by atoms with E-state index in [1.807, 2.05) is 13.0 Å². The van der Waals surface area contributed by atoms with Gasteiger partial charge in [-0.15, -0.1) is 0 Å². The van der Waals surface area contributed by atoms with Gasteiger partial charge in [0.2, 0.25) is 0 Å². The topological polar surface area (TPSA) is 27.7 Å². The Morgan fingerprint density at radius 3 is 2.53 bits per heavy atom. The molecular weight excluding hydrogens is 232 g/mol.